The number of nitrogens with two attached hydrogens (primary N) is 1. The molecule has 3 N–H and O–H groups in total. The molecular weight excluding hydrogens is 333 g/mol. The Hall–Kier alpha value is -2.09. The van der Waals surface area contributed by atoms with Gasteiger partial charge in [-0.05, 0) is 50.8 Å². The number of fused-ring (bicyclic) bond motifs is 1. The van der Waals surface area contributed by atoms with E-state index in [4.69, 9.17) is 5.73 Å². The van der Waals surface area contributed by atoms with Crippen molar-refractivity contribution in [3.63, 3.8) is 0 Å². The van der Waals surface area contributed by atoms with Gasteiger partial charge < -0.3 is 15.6 Å². The Morgan fingerprint density at radius 3 is 2.64 bits per heavy atom. The Bertz CT molecular complexity index is 793. The number of carbonyl (C=O) groups excluding carboxylic acids is 1. The van der Waals surface area contributed by atoms with Gasteiger partial charge in [0.05, 0.1) is 11.0 Å². The predicted octanol–water partition coefficient (Wildman–Crippen LogP) is 3.10. The van der Waals surface area contributed by atoms with E-state index >= 15 is 0 Å². The van der Waals surface area contributed by atoms with Crippen LogP contribution < -0.4 is 11.1 Å². The third kappa shape index (κ3) is 3.63. The molecule has 25 heavy (non-hydrogen) atoms. The van der Waals surface area contributed by atoms with E-state index in [0.29, 0.717) is 18.0 Å². The molecule has 1 aliphatic carbocycles. The van der Waals surface area contributed by atoms with Crippen LogP contribution in [-0.2, 0) is 6.18 Å². The third-order valence-electron chi connectivity index (χ3n) is 4.45. The highest BCUT2D eigenvalue weighted by atomic mass is 19.4. The maximum absolute atomic E-state index is 13.2. The fraction of sp³-hybridized carbons (Fsp3) is 0.529. The van der Waals surface area contributed by atoms with Crippen LogP contribution >= 0.6 is 0 Å². The quantitative estimate of drug-likeness (QED) is 0.867. The topological polar surface area (TPSA) is 72.9 Å². The summed E-state index contributed by atoms with van der Waals surface area (Å²) in [6, 6.07) is 3.93. The first kappa shape index (κ1) is 17.7. The van der Waals surface area contributed by atoms with Crippen molar-refractivity contribution in [2.75, 3.05) is 6.54 Å². The molecule has 1 heterocycles. The van der Waals surface area contributed by atoms with E-state index in [-0.39, 0.29) is 23.0 Å². The van der Waals surface area contributed by atoms with Gasteiger partial charge in [0.2, 0.25) is 5.82 Å². The van der Waals surface area contributed by atoms with E-state index < -0.39 is 18.0 Å². The number of rotatable bonds is 5. The molecule has 1 aliphatic rings. The SMILES string of the molecule is CC(C)n1c(C(F)(F)F)nc2cc(C(=O)NCC(N)C3CC3)ccc21. The summed E-state index contributed by atoms with van der Waals surface area (Å²) in [5.74, 6) is -0.852. The lowest BCUT2D eigenvalue weighted by molar-refractivity contribution is -0.147. The van der Waals surface area contributed by atoms with Gasteiger partial charge in [0, 0.05) is 24.2 Å². The molecule has 136 valence electrons. The molecule has 1 aromatic heterocycles. The zero-order chi connectivity index (χ0) is 18.4. The number of imidazole rings is 1. The van der Waals surface area contributed by atoms with E-state index in [2.05, 4.69) is 10.3 Å². The molecule has 1 amide bonds. The highest BCUT2D eigenvalue weighted by molar-refractivity contribution is 5.97. The van der Waals surface area contributed by atoms with Crippen molar-refractivity contribution < 1.29 is 18.0 Å². The van der Waals surface area contributed by atoms with Gasteiger partial charge >= 0.3 is 6.18 Å². The zero-order valence-corrected chi connectivity index (χ0v) is 14.1. The summed E-state index contributed by atoms with van der Waals surface area (Å²) in [5, 5.41) is 2.74. The van der Waals surface area contributed by atoms with E-state index in [1.54, 1.807) is 13.8 Å². The number of nitrogens with zero attached hydrogens (tertiary/aromatic N) is 2. The number of hydrogen-bond acceptors (Lipinski definition) is 3. The van der Waals surface area contributed by atoms with Crippen LogP contribution in [0.2, 0.25) is 0 Å². The van der Waals surface area contributed by atoms with Crippen molar-refractivity contribution in [3.05, 3.63) is 29.6 Å². The highest BCUT2D eigenvalue weighted by Gasteiger charge is 2.38. The van der Waals surface area contributed by atoms with Gasteiger partial charge in [0.1, 0.15) is 0 Å². The summed E-state index contributed by atoms with van der Waals surface area (Å²) < 4.78 is 40.8. The summed E-state index contributed by atoms with van der Waals surface area (Å²) in [6.07, 6.45) is -2.39. The maximum Gasteiger partial charge on any atom is 0.449 e. The van der Waals surface area contributed by atoms with Crippen LogP contribution in [0.1, 0.15) is 48.9 Å². The molecular formula is C17H21F3N4O. The molecule has 1 aromatic carbocycles. The van der Waals surface area contributed by atoms with Crippen LogP contribution in [0.5, 0.6) is 0 Å². The third-order valence-corrected chi connectivity index (χ3v) is 4.45. The second-order valence-corrected chi connectivity index (χ2v) is 6.81. The number of benzene rings is 1. The van der Waals surface area contributed by atoms with Crippen molar-refractivity contribution in [2.24, 2.45) is 11.7 Å². The van der Waals surface area contributed by atoms with Gasteiger partial charge in [-0.3, -0.25) is 4.79 Å². The first-order valence-corrected chi connectivity index (χ1v) is 8.31. The number of carbonyl (C=O) groups is 1. The number of halogens is 3. The number of alkyl halides is 3. The largest absolute Gasteiger partial charge is 0.449 e. The van der Waals surface area contributed by atoms with Gasteiger partial charge in [-0.25, -0.2) is 4.98 Å². The maximum atomic E-state index is 13.2. The van der Waals surface area contributed by atoms with Gasteiger partial charge in [-0.15, -0.1) is 0 Å². The van der Waals surface area contributed by atoms with E-state index in [1.165, 1.54) is 18.2 Å². The predicted molar refractivity (Wildman–Crippen MR) is 88.2 cm³/mol. The molecule has 0 saturated heterocycles. The molecule has 1 atom stereocenters. The lowest BCUT2D eigenvalue weighted by atomic mass is 10.1. The van der Waals surface area contributed by atoms with Crippen LogP contribution in [0.4, 0.5) is 13.2 Å². The Balaban J connectivity index is 1.87. The van der Waals surface area contributed by atoms with Gasteiger partial charge in [0.25, 0.3) is 5.91 Å². The smallest absolute Gasteiger partial charge is 0.350 e. The second kappa shape index (κ2) is 6.33. The van der Waals surface area contributed by atoms with Crippen LogP contribution in [0, 0.1) is 5.92 Å². The molecule has 8 heteroatoms. The van der Waals surface area contributed by atoms with Gasteiger partial charge in [0.15, 0.2) is 0 Å². The molecule has 1 saturated carbocycles. The first-order valence-electron chi connectivity index (χ1n) is 8.31. The van der Waals surface area contributed by atoms with Gasteiger partial charge in [-0.1, -0.05) is 0 Å². The molecule has 1 unspecified atom stereocenters. The Labute approximate surface area is 143 Å². The first-order chi connectivity index (χ1) is 11.7. The van der Waals surface area contributed by atoms with E-state index in [1.807, 2.05) is 0 Å². The average molecular weight is 354 g/mol. The number of aromatic nitrogens is 2. The monoisotopic (exact) mass is 354 g/mol. The van der Waals surface area contributed by atoms with Crippen molar-refractivity contribution in [3.8, 4) is 0 Å². The second-order valence-electron chi connectivity index (χ2n) is 6.81. The van der Waals surface area contributed by atoms with Gasteiger partial charge in [-0.2, -0.15) is 13.2 Å². The number of nitrogens with one attached hydrogen (secondary N) is 1. The van der Waals surface area contributed by atoms with Crippen LogP contribution in [0.15, 0.2) is 18.2 Å². The molecule has 1 fully saturated rings. The number of hydrogen-bond donors (Lipinski definition) is 2. The Morgan fingerprint density at radius 1 is 1.40 bits per heavy atom. The Morgan fingerprint density at radius 2 is 2.08 bits per heavy atom. The van der Waals surface area contributed by atoms with Crippen LogP contribution in [-0.4, -0.2) is 28.0 Å². The molecule has 0 aliphatic heterocycles. The van der Waals surface area contributed by atoms with E-state index in [9.17, 15) is 18.0 Å². The van der Waals surface area contributed by atoms with Crippen molar-refractivity contribution >= 4 is 16.9 Å². The minimum Gasteiger partial charge on any atom is -0.350 e. The molecule has 5 nitrogen and oxygen atoms in total. The van der Waals surface area contributed by atoms with Crippen molar-refractivity contribution in [1.82, 2.24) is 14.9 Å². The van der Waals surface area contributed by atoms with E-state index in [0.717, 1.165) is 17.4 Å². The molecule has 0 radical (unpaired) electrons. The summed E-state index contributed by atoms with van der Waals surface area (Å²) in [7, 11) is 0. The lowest BCUT2D eigenvalue weighted by Gasteiger charge is -2.14. The fourth-order valence-corrected chi connectivity index (χ4v) is 2.97. The van der Waals surface area contributed by atoms with Crippen molar-refractivity contribution in [2.45, 2.75) is 44.9 Å². The van der Waals surface area contributed by atoms with Crippen LogP contribution in [0.3, 0.4) is 0 Å². The zero-order valence-electron chi connectivity index (χ0n) is 14.1. The molecule has 0 spiro atoms. The van der Waals surface area contributed by atoms with Crippen LogP contribution in [0.25, 0.3) is 11.0 Å². The molecule has 3 rings (SSSR count). The standard InChI is InChI=1S/C17H21F3N4O/c1-9(2)24-14-6-5-11(7-13(14)23-16(24)17(18,19)20)15(25)22-8-12(21)10-3-4-10/h5-7,9-10,12H,3-4,8,21H2,1-2H3,(H,22,25). The lowest BCUT2D eigenvalue weighted by Crippen LogP contribution is -2.38. The molecule has 2 aromatic rings. The minimum absolute atomic E-state index is 0.0790. The normalized spacial score (nSPS) is 16.4. The summed E-state index contributed by atoms with van der Waals surface area (Å²) in [6.45, 7) is 3.68. The summed E-state index contributed by atoms with van der Waals surface area (Å²) in [4.78, 5) is 15.9. The highest BCUT2D eigenvalue weighted by Crippen LogP contribution is 2.34. The van der Waals surface area contributed by atoms with Crippen molar-refractivity contribution in [1.29, 1.82) is 0 Å². The Kier molecular flexibility index (Phi) is 4.49. The fourth-order valence-electron chi connectivity index (χ4n) is 2.97. The minimum atomic E-state index is -4.55. The summed E-state index contributed by atoms with van der Waals surface area (Å²) in [5.41, 5.74) is 6.73. The summed E-state index contributed by atoms with van der Waals surface area (Å²) >= 11 is 0. The number of amides is 1. The molecule has 0 bridgehead atoms. The average Bonchev–Trinajstić information content (AvgIpc) is 3.30.